The Morgan fingerprint density at radius 3 is 3.19 bits per heavy atom. The molecule has 0 aliphatic carbocycles. The lowest BCUT2D eigenvalue weighted by atomic mass is 10.3. The molecule has 16 heavy (non-hydrogen) atoms. The number of nitrogens with one attached hydrogen (secondary N) is 2. The van der Waals surface area contributed by atoms with Crippen molar-refractivity contribution in [2.24, 2.45) is 0 Å². The van der Waals surface area contributed by atoms with Crippen LogP contribution in [0.25, 0.3) is 0 Å². The van der Waals surface area contributed by atoms with E-state index in [9.17, 15) is 4.79 Å². The molecule has 0 saturated carbocycles. The summed E-state index contributed by atoms with van der Waals surface area (Å²) in [7, 11) is 0. The van der Waals surface area contributed by atoms with Crippen LogP contribution in [0.1, 0.15) is 18.8 Å². The molecule has 2 heterocycles. The summed E-state index contributed by atoms with van der Waals surface area (Å²) in [5.74, 6) is 0.460. The molecule has 0 aliphatic rings. The van der Waals surface area contributed by atoms with Gasteiger partial charge >= 0.3 is 0 Å². The second kappa shape index (κ2) is 4.51. The molecule has 0 fully saturated rings. The lowest BCUT2D eigenvalue weighted by molar-refractivity contribution is -0.122. The summed E-state index contributed by atoms with van der Waals surface area (Å²) in [6.45, 7) is 1.96. The topological polar surface area (TPSA) is 101 Å². The molecule has 1 amide bonds. The Bertz CT molecular complexity index is 435. The molecule has 0 bridgehead atoms. The van der Waals surface area contributed by atoms with Gasteiger partial charge in [0.1, 0.15) is 18.7 Å². The summed E-state index contributed by atoms with van der Waals surface area (Å²) in [5, 5.41) is 16.5. The van der Waals surface area contributed by atoms with Crippen LogP contribution in [0.3, 0.4) is 0 Å². The number of rotatable bonds is 4. The molecule has 8 heteroatoms. The number of carbonyl (C=O) groups excluding carboxylic acids is 1. The van der Waals surface area contributed by atoms with Gasteiger partial charge in [0, 0.05) is 6.20 Å². The minimum atomic E-state index is -0.210. The molecular formula is C8H11N7O. The molecule has 2 N–H and O–H groups in total. The van der Waals surface area contributed by atoms with E-state index >= 15 is 0 Å². The Morgan fingerprint density at radius 1 is 1.69 bits per heavy atom. The number of hydrogen-bond donors (Lipinski definition) is 2. The number of aromatic amines is 1. The molecule has 2 rings (SSSR count). The molecule has 1 unspecified atom stereocenters. The Kier molecular flexibility index (Phi) is 2.90. The monoisotopic (exact) mass is 221 g/mol. The summed E-state index contributed by atoms with van der Waals surface area (Å²) < 4.78 is 1.45. The van der Waals surface area contributed by atoms with Crippen LogP contribution in [-0.2, 0) is 11.3 Å². The van der Waals surface area contributed by atoms with E-state index in [1.165, 1.54) is 17.2 Å². The van der Waals surface area contributed by atoms with Gasteiger partial charge in [-0.25, -0.2) is 9.67 Å². The number of aromatic nitrogens is 6. The molecular weight excluding hydrogens is 210 g/mol. The van der Waals surface area contributed by atoms with Gasteiger partial charge in [0.05, 0.1) is 12.2 Å². The van der Waals surface area contributed by atoms with Gasteiger partial charge in [-0.05, 0) is 6.92 Å². The molecule has 0 radical (unpaired) electrons. The van der Waals surface area contributed by atoms with Crippen molar-refractivity contribution in [3.8, 4) is 0 Å². The highest BCUT2D eigenvalue weighted by Gasteiger charge is 2.12. The zero-order valence-corrected chi connectivity index (χ0v) is 8.66. The third-order valence-corrected chi connectivity index (χ3v) is 2.00. The molecule has 2 aromatic rings. The molecule has 0 saturated heterocycles. The van der Waals surface area contributed by atoms with Gasteiger partial charge in [0.25, 0.3) is 0 Å². The van der Waals surface area contributed by atoms with E-state index in [0.29, 0.717) is 5.82 Å². The van der Waals surface area contributed by atoms with E-state index in [-0.39, 0.29) is 18.5 Å². The molecule has 0 aromatic carbocycles. The number of H-pyrrole nitrogens is 1. The van der Waals surface area contributed by atoms with E-state index in [2.05, 4.69) is 30.8 Å². The number of hydrogen-bond acceptors (Lipinski definition) is 5. The van der Waals surface area contributed by atoms with Crippen molar-refractivity contribution in [1.29, 1.82) is 0 Å². The lowest BCUT2D eigenvalue weighted by Crippen LogP contribution is -2.30. The summed E-state index contributed by atoms with van der Waals surface area (Å²) in [5.41, 5.74) is 0. The van der Waals surface area contributed by atoms with Gasteiger partial charge in [-0.15, -0.1) is 5.10 Å². The van der Waals surface area contributed by atoms with E-state index in [4.69, 9.17) is 0 Å². The fourth-order valence-corrected chi connectivity index (χ4v) is 1.24. The summed E-state index contributed by atoms with van der Waals surface area (Å²) >= 11 is 0. The Labute approximate surface area is 91.1 Å². The largest absolute Gasteiger partial charge is 0.345 e. The van der Waals surface area contributed by atoms with Crippen molar-refractivity contribution < 1.29 is 4.79 Å². The third-order valence-electron chi connectivity index (χ3n) is 2.00. The van der Waals surface area contributed by atoms with Gasteiger partial charge < -0.3 is 5.32 Å². The van der Waals surface area contributed by atoms with Crippen LogP contribution in [0.4, 0.5) is 0 Å². The maximum Gasteiger partial charge on any atom is 0.242 e. The highest BCUT2D eigenvalue weighted by atomic mass is 16.2. The number of nitrogens with zero attached hydrogens (tertiary/aromatic N) is 5. The normalized spacial score (nSPS) is 12.3. The quantitative estimate of drug-likeness (QED) is 0.709. The highest BCUT2D eigenvalue weighted by Crippen LogP contribution is 2.03. The molecule has 1 atom stereocenters. The van der Waals surface area contributed by atoms with Crippen LogP contribution in [0.5, 0.6) is 0 Å². The predicted octanol–water partition coefficient (Wildman–Crippen LogP) is -0.726. The summed E-state index contributed by atoms with van der Waals surface area (Å²) in [4.78, 5) is 15.5. The maximum absolute atomic E-state index is 11.6. The van der Waals surface area contributed by atoms with Gasteiger partial charge in [-0.1, -0.05) is 5.21 Å². The van der Waals surface area contributed by atoms with Gasteiger partial charge in [-0.3, -0.25) is 9.89 Å². The minimum absolute atomic E-state index is 0.137. The SMILES string of the molecule is CC(NC(=O)Cn1ccnn1)c1ncn[nH]1. The van der Waals surface area contributed by atoms with Crippen LogP contribution < -0.4 is 5.32 Å². The average Bonchev–Trinajstić information content (AvgIpc) is 2.88. The highest BCUT2D eigenvalue weighted by molar-refractivity contribution is 5.75. The zero-order valence-electron chi connectivity index (χ0n) is 8.66. The van der Waals surface area contributed by atoms with Crippen LogP contribution in [-0.4, -0.2) is 36.1 Å². The molecule has 0 spiro atoms. The average molecular weight is 221 g/mol. The van der Waals surface area contributed by atoms with Gasteiger partial charge in [0.15, 0.2) is 0 Å². The fourth-order valence-electron chi connectivity index (χ4n) is 1.24. The Hall–Kier alpha value is -2.25. The molecule has 2 aromatic heterocycles. The van der Waals surface area contributed by atoms with E-state index in [1.54, 1.807) is 6.20 Å². The van der Waals surface area contributed by atoms with Gasteiger partial charge in [-0.2, -0.15) is 5.10 Å². The number of carbonyl (C=O) groups is 1. The van der Waals surface area contributed by atoms with E-state index in [0.717, 1.165) is 0 Å². The first-order valence-corrected chi connectivity index (χ1v) is 4.74. The Balaban J connectivity index is 1.88. The lowest BCUT2D eigenvalue weighted by Gasteiger charge is -2.10. The Morgan fingerprint density at radius 2 is 2.56 bits per heavy atom. The van der Waals surface area contributed by atoms with Crippen LogP contribution in [0.15, 0.2) is 18.7 Å². The first kappa shape index (κ1) is 10.3. The van der Waals surface area contributed by atoms with Gasteiger partial charge in [0.2, 0.25) is 5.91 Å². The first-order valence-electron chi connectivity index (χ1n) is 4.74. The second-order valence-electron chi connectivity index (χ2n) is 3.26. The molecule has 8 nitrogen and oxygen atoms in total. The smallest absolute Gasteiger partial charge is 0.242 e. The summed E-state index contributed by atoms with van der Waals surface area (Å²) in [6, 6.07) is -0.210. The van der Waals surface area contributed by atoms with Crippen LogP contribution in [0.2, 0.25) is 0 Å². The van der Waals surface area contributed by atoms with E-state index in [1.807, 2.05) is 6.92 Å². The standard InChI is InChI=1S/C8H11N7O/c1-6(8-9-5-11-13-8)12-7(16)4-15-3-2-10-14-15/h2-3,5-6H,4H2,1H3,(H,12,16)(H,9,11,13). The number of amides is 1. The van der Waals surface area contributed by atoms with Crippen molar-refractivity contribution in [3.05, 3.63) is 24.5 Å². The van der Waals surface area contributed by atoms with E-state index < -0.39 is 0 Å². The van der Waals surface area contributed by atoms with Crippen molar-refractivity contribution in [2.45, 2.75) is 19.5 Å². The second-order valence-corrected chi connectivity index (χ2v) is 3.26. The van der Waals surface area contributed by atoms with Crippen molar-refractivity contribution in [3.63, 3.8) is 0 Å². The summed E-state index contributed by atoms with van der Waals surface area (Å²) in [6.07, 6.45) is 4.54. The fraction of sp³-hybridized carbons (Fsp3) is 0.375. The first-order chi connectivity index (χ1) is 7.75. The molecule has 84 valence electrons. The van der Waals surface area contributed by atoms with Crippen LogP contribution >= 0.6 is 0 Å². The van der Waals surface area contributed by atoms with Crippen LogP contribution in [0, 0.1) is 0 Å². The molecule has 0 aliphatic heterocycles. The minimum Gasteiger partial charge on any atom is -0.345 e. The maximum atomic E-state index is 11.6. The third kappa shape index (κ3) is 2.41. The van der Waals surface area contributed by atoms with Crippen molar-refractivity contribution in [2.75, 3.05) is 0 Å². The van der Waals surface area contributed by atoms with Crippen molar-refractivity contribution >= 4 is 5.91 Å². The zero-order chi connectivity index (χ0) is 11.4. The predicted molar refractivity (Wildman–Crippen MR) is 53.0 cm³/mol. The van der Waals surface area contributed by atoms with Crippen molar-refractivity contribution in [1.82, 2.24) is 35.5 Å².